The minimum atomic E-state index is -0.199. The molecule has 1 aliphatic rings. The second-order valence-corrected chi connectivity index (χ2v) is 5.18. The average molecular weight is 263 g/mol. The van der Waals surface area contributed by atoms with Crippen molar-refractivity contribution in [2.75, 3.05) is 30.0 Å². The number of nitrogens with zero attached hydrogens (tertiary/aromatic N) is 4. The fraction of sp³-hybridized carbons (Fsp3) is 0.545. The van der Waals surface area contributed by atoms with Crippen molar-refractivity contribution in [3.05, 3.63) is 6.20 Å². The largest absolute Gasteiger partial charge is 0.372 e. The second-order valence-electron chi connectivity index (χ2n) is 5.18. The van der Waals surface area contributed by atoms with E-state index < -0.39 is 0 Å². The van der Waals surface area contributed by atoms with Crippen molar-refractivity contribution in [1.82, 2.24) is 20.2 Å². The van der Waals surface area contributed by atoms with E-state index in [1.807, 2.05) is 0 Å². The van der Waals surface area contributed by atoms with Gasteiger partial charge in [0.05, 0.1) is 23.8 Å². The quantitative estimate of drug-likeness (QED) is 0.527. The molecule has 8 heteroatoms. The first kappa shape index (κ1) is 12.1. The van der Waals surface area contributed by atoms with Crippen LogP contribution >= 0.6 is 0 Å². The fourth-order valence-electron chi connectivity index (χ4n) is 2.32. The molecule has 0 bridgehead atoms. The van der Waals surface area contributed by atoms with Gasteiger partial charge in [0.25, 0.3) is 0 Å². The predicted molar refractivity (Wildman–Crippen MR) is 71.7 cm³/mol. The van der Waals surface area contributed by atoms with Crippen LogP contribution < -0.4 is 16.2 Å². The van der Waals surface area contributed by atoms with Gasteiger partial charge >= 0.3 is 0 Å². The molecule has 102 valence electrons. The van der Waals surface area contributed by atoms with Gasteiger partial charge in [-0.15, -0.1) is 0 Å². The van der Waals surface area contributed by atoms with Crippen molar-refractivity contribution in [1.29, 1.82) is 0 Å². The molecule has 0 spiro atoms. The summed E-state index contributed by atoms with van der Waals surface area (Å²) in [6, 6.07) is 0. The zero-order chi connectivity index (χ0) is 13.5. The molecule has 4 N–H and O–H groups in total. The maximum atomic E-state index is 5.72. The number of fused-ring (bicyclic) bond motifs is 1. The van der Waals surface area contributed by atoms with Crippen molar-refractivity contribution in [3.63, 3.8) is 0 Å². The first-order valence-electron chi connectivity index (χ1n) is 6.16. The maximum Gasteiger partial charge on any atom is 0.241 e. The van der Waals surface area contributed by atoms with Crippen LogP contribution in [0.3, 0.4) is 0 Å². The number of ether oxygens (including phenoxy) is 1. The summed E-state index contributed by atoms with van der Waals surface area (Å²) >= 11 is 0. The summed E-state index contributed by atoms with van der Waals surface area (Å²) in [7, 11) is 0. The minimum absolute atomic E-state index is 0.199. The SMILES string of the molecule is CC1(C)CN(c2nc(NN)nc3[nH]ncc23)CCO1. The topological polar surface area (TPSA) is 105 Å². The Morgan fingerprint density at radius 2 is 2.32 bits per heavy atom. The Balaban J connectivity index is 2.05. The van der Waals surface area contributed by atoms with Crippen molar-refractivity contribution in [2.24, 2.45) is 5.84 Å². The Morgan fingerprint density at radius 3 is 3.05 bits per heavy atom. The number of hydrogen-bond donors (Lipinski definition) is 3. The molecule has 0 aliphatic carbocycles. The molecule has 0 saturated carbocycles. The molecule has 0 atom stereocenters. The Bertz CT molecular complexity index is 594. The molecular formula is C11H17N7O. The van der Waals surface area contributed by atoms with E-state index in [4.69, 9.17) is 10.6 Å². The van der Waals surface area contributed by atoms with E-state index in [9.17, 15) is 0 Å². The number of nitrogens with one attached hydrogen (secondary N) is 2. The molecule has 8 nitrogen and oxygen atoms in total. The second kappa shape index (κ2) is 4.32. The van der Waals surface area contributed by atoms with Crippen molar-refractivity contribution in [3.8, 4) is 0 Å². The molecule has 3 heterocycles. The highest BCUT2D eigenvalue weighted by Crippen LogP contribution is 2.27. The highest BCUT2D eigenvalue weighted by molar-refractivity contribution is 5.87. The summed E-state index contributed by atoms with van der Waals surface area (Å²) < 4.78 is 5.72. The van der Waals surface area contributed by atoms with Crippen molar-refractivity contribution >= 4 is 22.8 Å². The lowest BCUT2D eigenvalue weighted by Gasteiger charge is -2.38. The van der Waals surface area contributed by atoms with Gasteiger partial charge in [0.2, 0.25) is 5.95 Å². The van der Waals surface area contributed by atoms with Crippen LogP contribution in [-0.2, 0) is 4.74 Å². The van der Waals surface area contributed by atoms with Crippen LogP contribution in [0.2, 0.25) is 0 Å². The van der Waals surface area contributed by atoms with Gasteiger partial charge in [0.15, 0.2) is 5.65 Å². The summed E-state index contributed by atoms with van der Waals surface area (Å²) in [5.74, 6) is 6.60. The molecule has 3 rings (SSSR count). The van der Waals surface area contributed by atoms with Crippen LogP contribution in [0.4, 0.5) is 11.8 Å². The van der Waals surface area contributed by atoms with Gasteiger partial charge in [-0.25, -0.2) is 5.84 Å². The number of nitrogen functional groups attached to an aromatic ring is 1. The Hall–Kier alpha value is -1.93. The number of aromatic nitrogens is 4. The molecule has 0 unspecified atom stereocenters. The number of hydrogen-bond acceptors (Lipinski definition) is 7. The molecule has 1 fully saturated rings. The van der Waals surface area contributed by atoms with Crippen LogP contribution in [0.5, 0.6) is 0 Å². The van der Waals surface area contributed by atoms with E-state index in [1.54, 1.807) is 6.20 Å². The third kappa shape index (κ3) is 2.20. The normalized spacial score (nSPS) is 18.8. The Labute approximate surface area is 110 Å². The van der Waals surface area contributed by atoms with Gasteiger partial charge in [-0.1, -0.05) is 0 Å². The van der Waals surface area contributed by atoms with Crippen molar-refractivity contribution in [2.45, 2.75) is 19.4 Å². The number of H-pyrrole nitrogens is 1. The van der Waals surface area contributed by atoms with E-state index in [0.29, 0.717) is 18.2 Å². The number of morpholine rings is 1. The van der Waals surface area contributed by atoms with Crippen LogP contribution in [0.15, 0.2) is 6.20 Å². The lowest BCUT2D eigenvalue weighted by atomic mass is 10.1. The first-order valence-corrected chi connectivity index (χ1v) is 6.16. The average Bonchev–Trinajstić information content (AvgIpc) is 2.84. The molecule has 1 saturated heterocycles. The smallest absolute Gasteiger partial charge is 0.241 e. The number of rotatable bonds is 2. The maximum absolute atomic E-state index is 5.72. The zero-order valence-corrected chi connectivity index (χ0v) is 11.0. The van der Waals surface area contributed by atoms with Crippen LogP contribution in [-0.4, -0.2) is 45.5 Å². The standard InChI is InChI=1S/C11H17N7O/c1-11(2)6-18(3-4-19-11)9-7-5-13-17-8(7)14-10(15-9)16-12/h5H,3-4,6,12H2,1-2H3,(H2,13,14,15,16,17). The van der Waals surface area contributed by atoms with E-state index in [2.05, 4.69) is 44.3 Å². The minimum Gasteiger partial charge on any atom is -0.372 e. The number of hydrazine groups is 1. The lowest BCUT2D eigenvalue weighted by molar-refractivity contribution is -0.0278. The van der Waals surface area contributed by atoms with E-state index >= 15 is 0 Å². The van der Waals surface area contributed by atoms with Gasteiger partial charge in [0, 0.05) is 13.1 Å². The van der Waals surface area contributed by atoms with E-state index in [1.165, 1.54) is 0 Å². The Morgan fingerprint density at radius 1 is 1.47 bits per heavy atom. The monoisotopic (exact) mass is 263 g/mol. The van der Waals surface area contributed by atoms with Gasteiger partial charge in [-0.05, 0) is 13.8 Å². The molecule has 2 aromatic rings. The molecule has 0 radical (unpaired) electrons. The van der Waals surface area contributed by atoms with Crippen molar-refractivity contribution < 1.29 is 4.74 Å². The predicted octanol–water partition coefficient (Wildman–Crippen LogP) is 0.254. The number of anilines is 2. The third-order valence-corrected chi connectivity index (χ3v) is 3.14. The van der Waals surface area contributed by atoms with Crippen LogP contribution in [0.25, 0.3) is 11.0 Å². The van der Waals surface area contributed by atoms with Gasteiger partial charge < -0.3 is 9.64 Å². The number of nitrogens with two attached hydrogens (primary N) is 1. The molecule has 0 amide bonds. The molecular weight excluding hydrogens is 246 g/mol. The highest BCUT2D eigenvalue weighted by Gasteiger charge is 2.29. The van der Waals surface area contributed by atoms with E-state index in [-0.39, 0.29) is 5.60 Å². The molecule has 19 heavy (non-hydrogen) atoms. The fourth-order valence-corrected chi connectivity index (χ4v) is 2.32. The highest BCUT2D eigenvalue weighted by atomic mass is 16.5. The van der Waals surface area contributed by atoms with Gasteiger partial charge in [0.1, 0.15) is 5.82 Å². The summed E-state index contributed by atoms with van der Waals surface area (Å²) in [5.41, 5.74) is 2.95. The summed E-state index contributed by atoms with van der Waals surface area (Å²) in [6.07, 6.45) is 1.73. The third-order valence-electron chi connectivity index (χ3n) is 3.14. The summed E-state index contributed by atoms with van der Waals surface area (Å²) in [4.78, 5) is 10.8. The number of aromatic amines is 1. The summed E-state index contributed by atoms with van der Waals surface area (Å²) in [6.45, 7) is 6.34. The molecule has 2 aromatic heterocycles. The first-order chi connectivity index (χ1) is 9.09. The van der Waals surface area contributed by atoms with Crippen LogP contribution in [0, 0.1) is 0 Å². The Kier molecular flexibility index (Phi) is 2.76. The van der Waals surface area contributed by atoms with Gasteiger partial charge in [-0.3, -0.25) is 10.5 Å². The molecule has 0 aromatic carbocycles. The summed E-state index contributed by atoms with van der Waals surface area (Å²) in [5, 5.41) is 7.74. The van der Waals surface area contributed by atoms with Gasteiger partial charge in [-0.2, -0.15) is 15.1 Å². The van der Waals surface area contributed by atoms with E-state index in [0.717, 1.165) is 24.3 Å². The van der Waals surface area contributed by atoms with Crippen LogP contribution in [0.1, 0.15) is 13.8 Å². The zero-order valence-electron chi connectivity index (χ0n) is 11.0. The lowest BCUT2D eigenvalue weighted by Crippen LogP contribution is -2.48. The molecule has 1 aliphatic heterocycles.